The van der Waals surface area contributed by atoms with Gasteiger partial charge in [0.15, 0.2) is 0 Å². The molecular formula is C13H26O4. The average molecular weight is 246 g/mol. The minimum Gasteiger partial charge on any atom is -0.478 e. The number of aliphatic hydroxyl groups excluding tert-OH is 2. The highest BCUT2D eigenvalue weighted by Crippen LogP contribution is 2.03. The normalized spacial score (nSPS) is 10.1. The molecule has 0 aromatic rings. The Morgan fingerprint density at radius 2 is 1.35 bits per heavy atom. The maximum Gasteiger partial charge on any atom is 0.327 e. The van der Waals surface area contributed by atoms with Crippen LogP contribution >= 0.6 is 0 Å². The number of carboxylic acids is 1. The van der Waals surface area contributed by atoms with E-state index in [1.165, 1.54) is 12.8 Å². The van der Waals surface area contributed by atoms with Crippen molar-refractivity contribution in [3.63, 3.8) is 0 Å². The van der Waals surface area contributed by atoms with E-state index in [0.717, 1.165) is 38.2 Å². The van der Waals surface area contributed by atoms with Crippen LogP contribution in [0.4, 0.5) is 0 Å². The molecule has 3 N–H and O–H groups in total. The smallest absolute Gasteiger partial charge is 0.327 e. The number of hydrogen-bond donors (Lipinski definition) is 3. The molecule has 0 atom stereocenters. The van der Waals surface area contributed by atoms with E-state index in [4.69, 9.17) is 15.3 Å². The first kappa shape index (κ1) is 18.5. The van der Waals surface area contributed by atoms with E-state index >= 15 is 0 Å². The van der Waals surface area contributed by atoms with Gasteiger partial charge in [0.1, 0.15) is 0 Å². The van der Waals surface area contributed by atoms with Crippen molar-refractivity contribution in [1.82, 2.24) is 0 Å². The van der Waals surface area contributed by atoms with Gasteiger partial charge in [-0.05, 0) is 19.3 Å². The minimum atomic E-state index is -0.873. The molecule has 0 aromatic heterocycles. The minimum absolute atomic E-state index is 0.319. The van der Waals surface area contributed by atoms with E-state index in [-0.39, 0.29) is 0 Å². The molecule has 0 aromatic carbocycles. The topological polar surface area (TPSA) is 77.8 Å². The predicted octanol–water partition coefficient (Wildman–Crippen LogP) is 2.35. The maximum absolute atomic E-state index is 9.67. The van der Waals surface area contributed by atoms with Crippen LogP contribution in [0.3, 0.4) is 0 Å². The third-order valence-corrected chi connectivity index (χ3v) is 2.06. The van der Waals surface area contributed by atoms with Gasteiger partial charge < -0.3 is 15.3 Å². The molecule has 17 heavy (non-hydrogen) atoms. The Morgan fingerprint density at radius 1 is 0.941 bits per heavy atom. The van der Waals surface area contributed by atoms with Gasteiger partial charge in [-0.1, -0.05) is 38.7 Å². The van der Waals surface area contributed by atoms with E-state index in [1.807, 2.05) is 6.92 Å². The molecule has 0 saturated heterocycles. The molecule has 0 amide bonds. The number of aliphatic carboxylic acids is 1. The van der Waals surface area contributed by atoms with E-state index < -0.39 is 5.97 Å². The highest BCUT2D eigenvalue weighted by Gasteiger charge is 1.88. The van der Waals surface area contributed by atoms with E-state index in [0.29, 0.717) is 13.2 Å². The van der Waals surface area contributed by atoms with Gasteiger partial charge in [-0.15, -0.1) is 0 Å². The molecule has 0 aliphatic heterocycles. The van der Waals surface area contributed by atoms with Crippen LogP contribution in [0.25, 0.3) is 0 Å². The number of carboxylic acid groups (broad SMARTS) is 1. The highest BCUT2D eigenvalue weighted by molar-refractivity contribution is 5.79. The van der Waals surface area contributed by atoms with Gasteiger partial charge in [0.2, 0.25) is 0 Å². The fourth-order valence-corrected chi connectivity index (χ4v) is 1.15. The average Bonchev–Trinajstić information content (AvgIpc) is 2.32. The Hall–Kier alpha value is -0.870. The zero-order chi connectivity index (χ0) is 13.4. The van der Waals surface area contributed by atoms with Crippen molar-refractivity contribution in [2.75, 3.05) is 13.2 Å². The summed E-state index contributed by atoms with van der Waals surface area (Å²) in [7, 11) is 0. The van der Waals surface area contributed by atoms with Crippen molar-refractivity contribution in [2.24, 2.45) is 0 Å². The summed E-state index contributed by atoms with van der Waals surface area (Å²) in [6, 6.07) is 0. The first-order chi connectivity index (χ1) is 8.18. The number of unbranched alkanes of at least 4 members (excludes halogenated alkanes) is 5. The summed E-state index contributed by atoms with van der Waals surface area (Å²) in [6.07, 6.45) is 10.0. The molecule has 0 saturated carbocycles. The molecule has 0 heterocycles. The van der Waals surface area contributed by atoms with E-state index in [1.54, 1.807) is 6.08 Å². The zero-order valence-electron chi connectivity index (χ0n) is 10.8. The third kappa shape index (κ3) is 25.4. The van der Waals surface area contributed by atoms with Gasteiger partial charge in [-0.2, -0.15) is 0 Å². The summed E-state index contributed by atoms with van der Waals surface area (Å²) in [4.78, 5) is 9.67. The Labute approximate surface area is 104 Å². The molecule has 0 radical (unpaired) electrons. The summed E-state index contributed by atoms with van der Waals surface area (Å²) in [5.41, 5.74) is 0. The molecule has 0 spiro atoms. The third-order valence-electron chi connectivity index (χ3n) is 2.06. The number of hydrogen-bond acceptors (Lipinski definition) is 3. The second kappa shape index (κ2) is 17.5. The molecule has 102 valence electrons. The Kier molecular flexibility index (Phi) is 19.1. The standard InChI is InChI=1S/C8H18O2.C5H8O2/c9-7-5-3-1-2-4-6-8-10;1-2-3-4-5(6)7/h9-10H,1-8H2;3-4H,2H2,1H3,(H,6,7). The van der Waals surface area contributed by atoms with Crippen molar-refractivity contribution in [2.45, 2.75) is 51.9 Å². The van der Waals surface area contributed by atoms with Crippen LogP contribution in [0.5, 0.6) is 0 Å². The SMILES string of the molecule is CCC=CC(=O)O.OCCCCCCCCO. The second-order valence-electron chi connectivity index (χ2n) is 3.72. The predicted molar refractivity (Wildman–Crippen MR) is 68.9 cm³/mol. The summed E-state index contributed by atoms with van der Waals surface area (Å²) in [5.74, 6) is -0.873. The van der Waals surface area contributed by atoms with Crippen LogP contribution < -0.4 is 0 Å². The Balaban J connectivity index is 0. The summed E-state index contributed by atoms with van der Waals surface area (Å²) >= 11 is 0. The lowest BCUT2D eigenvalue weighted by atomic mass is 10.1. The van der Waals surface area contributed by atoms with Crippen LogP contribution in [0.2, 0.25) is 0 Å². The number of aliphatic hydroxyl groups is 2. The van der Waals surface area contributed by atoms with E-state index in [9.17, 15) is 4.79 Å². The molecule has 4 nitrogen and oxygen atoms in total. The Morgan fingerprint density at radius 3 is 1.59 bits per heavy atom. The van der Waals surface area contributed by atoms with Gasteiger partial charge in [0.05, 0.1) is 0 Å². The lowest BCUT2D eigenvalue weighted by Crippen LogP contribution is -1.85. The lowest BCUT2D eigenvalue weighted by Gasteiger charge is -1.97. The zero-order valence-corrected chi connectivity index (χ0v) is 10.8. The van der Waals surface area contributed by atoms with Gasteiger partial charge in [-0.25, -0.2) is 4.79 Å². The highest BCUT2D eigenvalue weighted by atomic mass is 16.4. The van der Waals surface area contributed by atoms with Gasteiger partial charge in [0.25, 0.3) is 0 Å². The van der Waals surface area contributed by atoms with Crippen molar-refractivity contribution < 1.29 is 20.1 Å². The van der Waals surface area contributed by atoms with Crippen molar-refractivity contribution in [3.05, 3.63) is 12.2 Å². The van der Waals surface area contributed by atoms with Crippen molar-refractivity contribution >= 4 is 5.97 Å². The molecule has 0 rings (SSSR count). The Bertz CT molecular complexity index is 170. The van der Waals surface area contributed by atoms with Gasteiger partial charge in [0, 0.05) is 19.3 Å². The molecule has 0 aliphatic carbocycles. The number of rotatable bonds is 9. The van der Waals surface area contributed by atoms with Crippen LogP contribution in [0, 0.1) is 0 Å². The van der Waals surface area contributed by atoms with Crippen LogP contribution in [0.15, 0.2) is 12.2 Å². The molecule has 0 fully saturated rings. The fourth-order valence-electron chi connectivity index (χ4n) is 1.15. The lowest BCUT2D eigenvalue weighted by molar-refractivity contribution is -0.131. The molecule has 4 heteroatoms. The monoisotopic (exact) mass is 246 g/mol. The van der Waals surface area contributed by atoms with Crippen LogP contribution in [0.1, 0.15) is 51.9 Å². The summed E-state index contributed by atoms with van der Waals surface area (Å²) in [5, 5.41) is 24.8. The molecular weight excluding hydrogens is 220 g/mol. The molecule has 0 unspecified atom stereocenters. The van der Waals surface area contributed by atoms with Crippen molar-refractivity contribution in [3.8, 4) is 0 Å². The molecule has 0 bridgehead atoms. The second-order valence-corrected chi connectivity index (χ2v) is 3.72. The quantitative estimate of drug-likeness (QED) is 0.431. The largest absolute Gasteiger partial charge is 0.478 e. The summed E-state index contributed by atoms with van der Waals surface area (Å²) in [6.45, 7) is 2.53. The first-order valence-corrected chi connectivity index (χ1v) is 6.30. The van der Waals surface area contributed by atoms with Crippen LogP contribution in [-0.2, 0) is 4.79 Å². The number of carbonyl (C=O) groups is 1. The van der Waals surface area contributed by atoms with Gasteiger partial charge in [-0.3, -0.25) is 0 Å². The number of allylic oxidation sites excluding steroid dienone is 1. The fraction of sp³-hybridized carbons (Fsp3) is 0.769. The first-order valence-electron chi connectivity index (χ1n) is 6.30. The van der Waals surface area contributed by atoms with Crippen molar-refractivity contribution in [1.29, 1.82) is 0 Å². The van der Waals surface area contributed by atoms with Crippen LogP contribution in [-0.4, -0.2) is 34.5 Å². The summed E-state index contributed by atoms with van der Waals surface area (Å²) < 4.78 is 0. The molecule has 0 aliphatic rings. The van der Waals surface area contributed by atoms with E-state index in [2.05, 4.69) is 0 Å². The van der Waals surface area contributed by atoms with Gasteiger partial charge >= 0.3 is 5.97 Å². The maximum atomic E-state index is 9.67.